The highest BCUT2D eigenvalue weighted by Gasteiger charge is 2.53. The highest BCUT2D eigenvalue weighted by atomic mass is 16.1. The third-order valence-electron chi connectivity index (χ3n) is 3.63. The first-order chi connectivity index (χ1) is 6.61. The van der Waals surface area contributed by atoms with Crippen molar-refractivity contribution in [2.45, 2.75) is 58.8 Å². The van der Waals surface area contributed by atoms with Gasteiger partial charge < -0.3 is 5.73 Å². The number of rotatable bonds is 7. The quantitative estimate of drug-likeness (QED) is 0.627. The molecule has 2 nitrogen and oxygen atoms in total. The van der Waals surface area contributed by atoms with E-state index in [1.165, 1.54) is 38.5 Å². The van der Waals surface area contributed by atoms with Crippen molar-refractivity contribution in [2.75, 3.05) is 0 Å². The minimum atomic E-state index is -0.148. The minimum absolute atomic E-state index is 0.101. The van der Waals surface area contributed by atoms with Crippen LogP contribution in [0.15, 0.2) is 0 Å². The molecule has 0 bridgehead atoms. The van der Waals surface area contributed by atoms with Crippen LogP contribution >= 0.6 is 0 Å². The van der Waals surface area contributed by atoms with Gasteiger partial charge in [0, 0.05) is 5.41 Å². The van der Waals surface area contributed by atoms with Gasteiger partial charge in [0.25, 0.3) is 0 Å². The molecule has 2 heteroatoms. The fourth-order valence-corrected chi connectivity index (χ4v) is 2.17. The van der Waals surface area contributed by atoms with Gasteiger partial charge in [0.2, 0.25) is 5.91 Å². The molecule has 0 aromatic carbocycles. The Kier molecular flexibility index (Phi) is 3.97. The molecule has 1 fully saturated rings. The van der Waals surface area contributed by atoms with Gasteiger partial charge >= 0.3 is 0 Å². The molecule has 1 amide bonds. The summed E-state index contributed by atoms with van der Waals surface area (Å²) in [5, 5.41) is 0. The SMILES string of the molecule is CCCCCCCC1CC1(C)C(N)=O. The summed E-state index contributed by atoms with van der Waals surface area (Å²) < 4.78 is 0. The van der Waals surface area contributed by atoms with E-state index in [4.69, 9.17) is 5.73 Å². The lowest BCUT2D eigenvalue weighted by molar-refractivity contribution is -0.123. The first kappa shape index (κ1) is 11.5. The van der Waals surface area contributed by atoms with E-state index in [9.17, 15) is 4.79 Å². The number of hydrogen-bond acceptors (Lipinski definition) is 1. The van der Waals surface area contributed by atoms with Gasteiger partial charge in [-0.1, -0.05) is 46.0 Å². The molecule has 1 aliphatic rings. The van der Waals surface area contributed by atoms with Crippen LogP contribution in [0.1, 0.15) is 58.8 Å². The Hall–Kier alpha value is -0.530. The number of carbonyl (C=O) groups is 1. The van der Waals surface area contributed by atoms with Crippen LogP contribution in [0.25, 0.3) is 0 Å². The van der Waals surface area contributed by atoms with Crippen LogP contribution in [0.2, 0.25) is 0 Å². The Labute approximate surface area is 87.2 Å². The number of unbranched alkanes of at least 4 members (excludes halogenated alkanes) is 4. The lowest BCUT2D eigenvalue weighted by Crippen LogP contribution is -2.23. The van der Waals surface area contributed by atoms with Gasteiger partial charge in [0.15, 0.2) is 0 Å². The molecule has 2 atom stereocenters. The largest absolute Gasteiger partial charge is 0.369 e. The predicted molar refractivity (Wildman–Crippen MR) is 58.8 cm³/mol. The molecule has 2 N–H and O–H groups in total. The molecule has 0 spiro atoms. The van der Waals surface area contributed by atoms with E-state index in [-0.39, 0.29) is 11.3 Å². The van der Waals surface area contributed by atoms with E-state index < -0.39 is 0 Å². The Balaban J connectivity index is 2.03. The van der Waals surface area contributed by atoms with E-state index in [1.807, 2.05) is 6.92 Å². The summed E-state index contributed by atoms with van der Waals surface area (Å²) in [5.74, 6) is 0.484. The van der Waals surface area contributed by atoms with E-state index in [0.29, 0.717) is 5.92 Å². The topological polar surface area (TPSA) is 43.1 Å². The molecule has 0 aliphatic heterocycles. The number of carbonyl (C=O) groups excluding carboxylic acids is 1. The normalized spacial score (nSPS) is 30.3. The second-order valence-corrected chi connectivity index (χ2v) is 4.89. The third kappa shape index (κ3) is 2.73. The molecule has 1 aliphatic carbocycles. The van der Waals surface area contributed by atoms with Crippen LogP contribution in [0.4, 0.5) is 0 Å². The zero-order valence-electron chi connectivity index (χ0n) is 9.51. The maximum Gasteiger partial charge on any atom is 0.223 e. The predicted octanol–water partition coefficient (Wildman–Crippen LogP) is 2.86. The molecule has 0 heterocycles. The fraction of sp³-hybridized carbons (Fsp3) is 0.917. The maximum absolute atomic E-state index is 11.1. The summed E-state index contributed by atoms with van der Waals surface area (Å²) in [4.78, 5) is 11.1. The van der Waals surface area contributed by atoms with E-state index >= 15 is 0 Å². The van der Waals surface area contributed by atoms with Gasteiger partial charge in [0.05, 0.1) is 0 Å². The first-order valence-electron chi connectivity index (χ1n) is 5.91. The number of primary amides is 1. The average Bonchev–Trinajstić information content (AvgIpc) is 2.79. The Morgan fingerprint density at radius 1 is 1.36 bits per heavy atom. The van der Waals surface area contributed by atoms with E-state index in [1.54, 1.807) is 0 Å². The summed E-state index contributed by atoms with van der Waals surface area (Å²) in [6.45, 7) is 4.23. The summed E-state index contributed by atoms with van der Waals surface area (Å²) >= 11 is 0. The van der Waals surface area contributed by atoms with Crippen LogP contribution in [0.3, 0.4) is 0 Å². The molecule has 2 unspecified atom stereocenters. The van der Waals surface area contributed by atoms with Gasteiger partial charge in [-0.05, 0) is 18.8 Å². The molecular formula is C12H23NO. The minimum Gasteiger partial charge on any atom is -0.369 e. The van der Waals surface area contributed by atoms with Crippen molar-refractivity contribution in [3.05, 3.63) is 0 Å². The average molecular weight is 197 g/mol. The standard InChI is InChI=1S/C12H23NO/c1-3-4-5-6-7-8-10-9-12(10,2)11(13)14/h10H,3-9H2,1-2H3,(H2,13,14). The lowest BCUT2D eigenvalue weighted by atomic mass is 10.0. The monoisotopic (exact) mass is 197 g/mol. The molecular weight excluding hydrogens is 174 g/mol. The Morgan fingerprint density at radius 2 is 2.00 bits per heavy atom. The van der Waals surface area contributed by atoms with Crippen LogP contribution in [0.5, 0.6) is 0 Å². The molecule has 0 saturated heterocycles. The van der Waals surface area contributed by atoms with Crippen molar-refractivity contribution in [1.82, 2.24) is 0 Å². The van der Waals surface area contributed by atoms with Gasteiger partial charge in [0.1, 0.15) is 0 Å². The maximum atomic E-state index is 11.1. The summed E-state index contributed by atoms with van der Waals surface area (Å²) in [5.41, 5.74) is 5.19. The summed E-state index contributed by atoms with van der Waals surface area (Å²) in [7, 11) is 0. The van der Waals surface area contributed by atoms with Crippen LogP contribution in [-0.4, -0.2) is 5.91 Å². The molecule has 1 saturated carbocycles. The second-order valence-electron chi connectivity index (χ2n) is 4.89. The summed E-state index contributed by atoms with van der Waals surface area (Å²) in [6, 6.07) is 0. The van der Waals surface area contributed by atoms with Crippen molar-refractivity contribution in [3.8, 4) is 0 Å². The highest BCUT2D eigenvalue weighted by molar-refractivity contribution is 5.83. The summed E-state index contributed by atoms with van der Waals surface area (Å²) in [6.07, 6.45) is 8.79. The Morgan fingerprint density at radius 3 is 2.50 bits per heavy atom. The molecule has 1 rings (SSSR count). The number of nitrogens with two attached hydrogens (primary N) is 1. The van der Waals surface area contributed by atoms with Crippen molar-refractivity contribution >= 4 is 5.91 Å². The molecule has 0 radical (unpaired) electrons. The van der Waals surface area contributed by atoms with Crippen LogP contribution < -0.4 is 5.73 Å². The van der Waals surface area contributed by atoms with E-state index in [0.717, 1.165) is 6.42 Å². The van der Waals surface area contributed by atoms with Crippen molar-refractivity contribution in [2.24, 2.45) is 17.1 Å². The van der Waals surface area contributed by atoms with E-state index in [2.05, 4.69) is 6.92 Å². The first-order valence-corrected chi connectivity index (χ1v) is 5.91. The molecule has 82 valence electrons. The number of hydrogen-bond donors (Lipinski definition) is 1. The van der Waals surface area contributed by atoms with Crippen molar-refractivity contribution in [3.63, 3.8) is 0 Å². The van der Waals surface area contributed by atoms with Crippen molar-refractivity contribution in [1.29, 1.82) is 0 Å². The third-order valence-corrected chi connectivity index (χ3v) is 3.63. The smallest absolute Gasteiger partial charge is 0.223 e. The Bertz CT molecular complexity index is 202. The second kappa shape index (κ2) is 4.81. The van der Waals surface area contributed by atoms with Crippen molar-refractivity contribution < 1.29 is 4.79 Å². The zero-order valence-corrected chi connectivity index (χ0v) is 9.51. The zero-order chi connectivity index (χ0) is 10.6. The van der Waals surface area contributed by atoms with Gasteiger partial charge in [-0.15, -0.1) is 0 Å². The molecule has 14 heavy (non-hydrogen) atoms. The van der Waals surface area contributed by atoms with Gasteiger partial charge in [-0.3, -0.25) is 4.79 Å². The fourth-order valence-electron chi connectivity index (χ4n) is 2.17. The molecule has 0 aromatic heterocycles. The number of amides is 1. The molecule has 0 aromatic rings. The van der Waals surface area contributed by atoms with Gasteiger partial charge in [-0.25, -0.2) is 0 Å². The highest BCUT2D eigenvalue weighted by Crippen LogP contribution is 2.54. The van der Waals surface area contributed by atoms with Crippen LogP contribution in [-0.2, 0) is 4.79 Å². The van der Waals surface area contributed by atoms with Gasteiger partial charge in [-0.2, -0.15) is 0 Å². The van der Waals surface area contributed by atoms with Crippen LogP contribution in [0, 0.1) is 11.3 Å². The lowest BCUT2D eigenvalue weighted by Gasteiger charge is -2.05.